The standard InChI is InChI=1S/C17H22N4O3/c1-12-10-13(7-8-14(12)21(23)24)17(22)18-11-16(19(2)3)15-6-5-9-20(15)4/h5-10,16H,11H2,1-4H3,(H,18,22). The summed E-state index contributed by atoms with van der Waals surface area (Å²) >= 11 is 0. The van der Waals surface area contributed by atoms with Crippen LogP contribution in [0, 0.1) is 17.0 Å². The molecule has 1 N–H and O–H groups in total. The number of aryl methyl sites for hydroxylation is 2. The molecule has 128 valence electrons. The lowest BCUT2D eigenvalue weighted by Gasteiger charge is -2.25. The molecule has 0 saturated heterocycles. The van der Waals surface area contributed by atoms with Crippen LogP contribution >= 0.6 is 0 Å². The molecule has 0 aliphatic heterocycles. The molecule has 1 amide bonds. The van der Waals surface area contributed by atoms with Crippen molar-refractivity contribution in [3.8, 4) is 0 Å². The van der Waals surface area contributed by atoms with Crippen LogP contribution in [0.5, 0.6) is 0 Å². The number of rotatable bonds is 6. The van der Waals surface area contributed by atoms with Crippen LogP contribution in [0.3, 0.4) is 0 Å². The van der Waals surface area contributed by atoms with E-state index in [1.807, 2.05) is 48.9 Å². The summed E-state index contributed by atoms with van der Waals surface area (Å²) in [5, 5.41) is 13.8. The van der Waals surface area contributed by atoms with Gasteiger partial charge in [-0.1, -0.05) is 0 Å². The zero-order valence-electron chi connectivity index (χ0n) is 14.3. The number of aromatic nitrogens is 1. The molecular weight excluding hydrogens is 308 g/mol. The number of carbonyl (C=O) groups is 1. The number of likely N-dealkylation sites (N-methyl/N-ethyl adjacent to an activating group) is 1. The fourth-order valence-electron chi connectivity index (χ4n) is 2.67. The molecule has 1 aromatic heterocycles. The van der Waals surface area contributed by atoms with Crippen molar-refractivity contribution in [3.05, 3.63) is 63.5 Å². The molecule has 0 aliphatic carbocycles. The van der Waals surface area contributed by atoms with E-state index in [0.29, 0.717) is 17.7 Å². The molecule has 0 bridgehead atoms. The maximum absolute atomic E-state index is 12.4. The van der Waals surface area contributed by atoms with Crippen molar-refractivity contribution in [1.82, 2.24) is 14.8 Å². The second-order valence-corrected chi connectivity index (χ2v) is 5.99. The third kappa shape index (κ3) is 3.80. The topological polar surface area (TPSA) is 80.4 Å². The van der Waals surface area contributed by atoms with E-state index in [9.17, 15) is 14.9 Å². The summed E-state index contributed by atoms with van der Waals surface area (Å²) in [5.74, 6) is -0.242. The third-order valence-corrected chi connectivity index (χ3v) is 4.06. The fraction of sp³-hybridized carbons (Fsp3) is 0.353. The molecule has 2 aromatic rings. The molecular formula is C17H22N4O3. The lowest BCUT2D eigenvalue weighted by Crippen LogP contribution is -2.35. The molecule has 2 rings (SSSR count). The van der Waals surface area contributed by atoms with Crippen molar-refractivity contribution < 1.29 is 9.72 Å². The molecule has 1 unspecified atom stereocenters. The first-order valence-electron chi connectivity index (χ1n) is 7.62. The number of nitrogens with one attached hydrogen (secondary N) is 1. The molecule has 24 heavy (non-hydrogen) atoms. The highest BCUT2D eigenvalue weighted by Gasteiger charge is 2.19. The van der Waals surface area contributed by atoms with Crippen LogP contribution in [0.25, 0.3) is 0 Å². The Kier molecular flexibility index (Phi) is 5.35. The van der Waals surface area contributed by atoms with Crippen LogP contribution in [-0.4, -0.2) is 40.9 Å². The zero-order chi connectivity index (χ0) is 17.9. The van der Waals surface area contributed by atoms with Gasteiger partial charge < -0.3 is 9.88 Å². The summed E-state index contributed by atoms with van der Waals surface area (Å²) in [6.07, 6.45) is 1.97. The van der Waals surface area contributed by atoms with Crippen molar-refractivity contribution >= 4 is 11.6 Å². The number of nitro benzene ring substituents is 1. The molecule has 0 saturated carbocycles. The van der Waals surface area contributed by atoms with Crippen LogP contribution in [0.15, 0.2) is 36.5 Å². The summed E-state index contributed by atoms with van der Waals surface area (Å²) in [4.78, 5) is 24.8. The zero-order valence-corrected chi connectivity index (χ0v) is 14.3. The number of hydrogen-bond acceptors (Lipinski definition) is 4. The number of amides is 1. The normalized spacial score (nSPS) is 12.2. The van der Waals surface area contributed by atoms with Gasteiger partial charge in [-0.15, -0.1) is 0 Å². The van der Waals surface area contributed by atoms with Gasteiger partial charge in [0.2, 0.25) is 0 Å². The number of nitro groups is 1. The predicted octanol–water partition coefficient (Wildman–Crippen LogP) is 2.27. The van der Waals surface area contributed by atoms with Crippen molar-refractivity contribution in [2.45, 2.75) is 13.0 Å². The lowest BCUT2D eigenvalue weighted by atomic mass is 10.1. The second-order valence-electron chi connectivity index (χ2n) is 5.99. The summed E-state index contributed by atoms with van der Waals surface area (Å²) in [5.41, 5.74) is 2.00. The fourth-order valence-corrected chi connectivity index (χ4v) is 2.67. The van der Waals surface area contributed by atoms with Crippen LogP contribution in [0.4, 0.5) is 5.69 Å². The molecule has 0 radical (unpaired) electrons. The maximum Gasteiger partial charge on any atom is 0.272 e. The Bertz CT molecular complexity index is 752. The molecule has 1 heterocycles. The van der Waals surface area contributed by atoms with E-state index >= 15 is 0 Å². The predicted molar refractivity (Wildman–Crippen MR) is 92.0 cm³/mol. The van der Waals surface area contributed by atoms with E-state index < -0.39 is 4.92 Å². The first-order valence-corrected chi connectivity index (χ1v) is 7.62. The van der Waals surface area contributed by atoms with E-state index in [4.69, 9.17) is 0 Å². The molecule has 0 fully saturated rings. The van der Waals surface area contributed by atoms with Gasteiger partial charge in [0.25, 0.3) is 11.6 Å². The smallest absolute Gasteiger partial charge is 0.272 e. The maximum atomic E-state index is 12.4. The monoisotopic (exact) mass is 330 g/mol. The van der Waals surface area contributed by atoms with Crippen LogP contribution in [0.1, 0.15) is 27.7 Å². The number of carbonyl (C=O) groups excluding carboxylic acids is 1. The van der Waals surface area contributed by atoms with Crippen molar-refractivity contribution in [3.63, 3.8) is 0 Å². The second kappa shape index (κ2) is 7.27. The molecule has 7 nitrogen and oxygen atoms in total. The Morgan fingerprint density at radius 1 is 1.38 bits per heavy atom. The Balaban J connectivity index is 2.10. The van der Waals surface area contributed by atoms with Crippen LogP contribution in [-0.2, 0) is 7.05 Å². The molecule has 7 heteroatoms. The number of nitrogens with zero attached hydrogens (tertiary/aromatic N) is 3. The van der Waals surface area contributed by atoms with Gasteiger partial charge >= 0.3 is 0 Å². The molecule has 0 spiro atoms. The van der Waals surface area contributed by atoms with Crippen molar-refractivity contribution in [1.29, 1.82) is 0 Å². The van der Waals surface area contributed by atoms with Gasteiger partial charge in [0.15, 0.2) is 0 Å². The van der Waals surface area contributed by atoms with Crippen molar-refractivity contribution in [2.24, 2.45) is 7.05 Å². The lowest BCUT2D eigenvalue weighted by molar-refractivity contribution is -0.385. The van der Waals surface area contributed by atoms with E-state index in [1.54, 1.807) is 13.0 Å². The molecule has 1 atom stereocenters. The minimum atomic E-state index is -0.450. The number of hydrogen-bond donors (Lipinski definition) is 1. The quantitative estimate of drug-likeness (QED) is 0.651. The minimum absolute atomic E-state index is 0.0153. The van der Waals surface area contributed by atoms with Gasteiger partial charge in [-0.3, -0.25) is 19.8 Å². The minimum Gasteiger partial charge on any atom is -0.353 e. The van der Waals surface area contributed by atoms with Gasteiger partial charge in [-0.2, -0.15) is 0 Å². The molecule has 0 aliphatic rings. The highest BCUT2D eigenvalue weighted by molar-refractivity contribution is 5.94. The van der Waals surface area contributed by atoms with Crippen molar-refractivity contribution in [2.75, 3.05) is 20.6 Å². The van der Waals surface area contributed by atoms with Crippen LogP contribution in [0.2, 0.25) is 0 Å². The summed E-state index contributed by atoms with van der Waals surface area (Å²) < 4.78 is 2.02. The van der Waals surface area contributed by atoms with Crippen LogP contribution < -0.4 is 5.32 Å². The summed E-state index contributed by atoms with van der Waals surface area (Å²) in [6, 6.07) is 8.41. The Morgan fingerprint density at radius 3 is 2.58 bits per heavy atom. The van der Waals surface area contributed by atoms with Gasteiger partial charge in [-0.05, 0) is 45.3 Å². The Hall–Kier alpha value is -2.67. The highest BCUT2D eigenvalue weighted by atomic mass is 16.6. The first-order chi connectivity index (χ1) is 11.3. The summed E-state index contributed by atoms with van der Waals surface area (Å²) in [7, 11) is 5.88. The average molecular weight is 330 g/mol. The SMILES string of the molecule is Cc1cc(C(=O)NCC(c2cccn2C)N(C)C)ccc1[N+](=O)[O-]. The Morgan fingerprint density at radius 2 is 2.08 bits per heavy atom. The van der Waals surface area contributed by atoms with Gasteiger partial charge in [0.1, 0.15) is 0 Å². The highest BCUT2D eigenvalue weighted by Crippen LogP contribution is 2.20. The van der Waals surface area contributed by atoms with E-state index in [-0.39, 0.29) is 17.6 Å². The Labute approximate surface area is 141 Å². The molecule has 1 aromatic carbocycles. The van der Waals surface area contributed by atoms with Gasteiger partial charge in [0.05, 0.1) is 11.0 Å². The third-order valence-electron chi connectivity index (χ3n) is 4.06. The largest absolute Gasteiger partial charge is 0.353 e. The van der Waals surface area contributed by atoms with Gasteiger partial charge in [0, 0.05) is 42.7 Å². The summed E-state index contributed by atoms with van der Waals surface area (Å²) in [6.45, 7) is 2.07. The average Bonchev–Trinajstić information content (AvgIpc) is 2.92. The van der Waals surface area contributed by atoms with E-state index in [1.165, 1.54) is 12.1 Å². The number of benzene rings is 1. The van der Waals surface area contributed by atoms with E-state index in [0.717, 1.165) is 5.69 Å². The van der Waals surface area contributed by atoms with Gasteiger partial charge in [-0.25, -0.2) is 0 Å². The first kappa shape index (κ1) is 17.7. The van der Waals surface area contributed by atoms with E-state index in [2.05, 4.69) is 5.32 Å².